The molecule has 1 heterocycles. The SMILES string of the molecule is Cc1ccc(N)c(C(=O)NC2CCN(S(C)(=O)=O)CC2)c1. The number of nitrogens with two attached hydrogens (primary N) is 1. The number of aryl methyl sites for hydroxylation is 1. The average Bonchev–Trinajstić information content (AvgIpc) is 2.41. The van der Waals surface area contributed by atoms with Crippen LogP contribution >= 0.6 is 0 Å². The Hall–Kier alpha value is -1.60. The number of hydrogen-bond donors (Lipinski definition) is 2. The fraction of sp³-hybridized carbons (Fsp3) is 0.500. The summed E-state index contributed by atoms with van der Waals surface area (Å²) < 4.78 is 24.3. The predicted octanol–water partition coefficient (Wildman–Crippen LogP) is 0.731. The van der Waals surface area contributed by atoms with E-state index in [2.05, 4.69) is 5.32 Å². The van der Waals surface area contributed by atoms with Crippen LogP contribution in [-0.4, -0.2) is 44.0 Å². The summed E-state index contributed by atoms with van der Waals surface area (Å²) in [7, 11) is -3.14. The van der Waals surface area contributed by atoms with E-state index in [1.54, 1.807) is 12.1 Å². The second-order valence-corrected chi connectivity index (χ2v) is 7.48. The number of carbonyl (C=O) groups excluding carboxylic acids is 1. The van der Waals surface area contributed by atoms with Gasteiger partial charge in [0.15, 0.2) is 0 Å². The maximum absolute atomic E-state index is 12.2. The molecule has 0 saturated carbocycles. The standard InChI is InChI=1S/C14H21N3O3S/c1-10-3-4-13(15)12(9-10)14(18)16-11-5-7-17(8-6-11)21(2,19)20/h3-4,9,11H,5-8,15H2,1-2H3,(H,16,18). The molecule has 0 aliphatic carbocycles. The first kappa shape index (κ1) is 15.8. The molecule has 2 rings (SSSR count). The molecule has 0 bridgehead atoms. The first-order chi connectivity index (χ1) is 9.77. The molecule has 1 aliphatic rings. The first-order valence-corrected chi connectivity index (χ1v) is 8.74. The highest BCUT2D eigenvalue weighted by atomic mass is 32.2. The smallest absolute Gasteiger partial charge is 0.253 e. The fourth-order valence-corrected chi connectivity index (χ4v) is 3.34. The molecule has 0 aromatic heterocycles. The number of sulfonamides is 1. The van der Waals surface area contributed by atoms with Gasteiger partial charge in [-0.3, -0.25) is 4.79 Å². The highest BCUT2D eigenvalue weighted by molar-refractivity contribution is 7.88. The lowest BCUT2D eigenvalue weighted by atomic mass is 10.0. The van der Waals surface area contributed by atoms with E-state index < -0.39 is 10.0 Å². The van der Waals surface area contributed by atoms with Crippen molar-refractivity contribution in [3.8, 4) is 0 Å². The van der Waals surface area contributed by atoms with Gasteiger partial charge in [0, 0.05) is 24.8 Å². The molecule has 7 heteroatoms. The third-order valence-electron chi connectivity index (χ3n) is 3.71. The minimum atomic E-state index is -3.14. The number of nitrogens with one attached hydrogen (secondary N) is 1. The molecule has 1 fully saturated rings. The van der Waals surface area contributed by atoms with Crippen LogP contribution in [-0.2, 0) is 10.0 Å². The van der Waals surface area contributed by atoms with Gasteiger partial charge in [0.25, 0.3) is 5.91 Å². The molecule has 0 atom stereocenters. The normalized spacial score (nSPS) is 17.6. The number of anilines is 1. The molecule has 1 amide bonds. The lowest BCUT2D eigenvalue weighted by molar-refractivity contribution is 0.0924. The first-order valence-electron chi connectivity index (χ1n) is 6.89. The summed E-state index contributed by atoms with van der Waals surface area (Å²) in [5.41, 5.74) is 7.72. The minimum Gasteiger partial charge on any atom is -0.398 e. The summed E-state index contributed by atoms with van der Waals surface area (Å²) >= 11 is 0. The monoisotopic (exact) mass is 311 g/mol. The Morgan fingerprint density at radius 3 is 2.52 bits per heavy atom. The van der Waals surface area contributed by atoms with Crippen LogP contribution in [0.4, 0.5) is 5.69 Å². The van der Waals surface area contributed by atoms with Crippen molar-refractivity contribution in [3.63, 3.8) is 0 Å². The van der Waals surface area contributed by atoms with Gasteiger partial charge >= 0.3 is 0 Å². The zero-order valence-electron chi connectivity index (χ0n) is 12.3. The Morgan fingerprint density at radius 2 is 1.95 bits per heavy atom. The quantitative estimate of drug-likeness (QED) is 0.805. The van der Waals surface area contributed by atoms with E-state index in [4.69, 9.17) is 5.73 Å². The summed E-state index contributed by atoms with van der Waals surface area (Å²) in [5, 5.41) is 2.93. The number of benzene rings is 1. The van der Waals surface area contributed by atoms with Gasteiger partial charge in [0.2, 0.25) is 10.0 Å². The lowest BCUT2D eigenvalue weighted by Gasteiger charge is -2.30. The van der Waals surface area contributed by atoms with E-state index in [1.165, 1.54) is 10.6 Å². The Bertz CT molecular complexity index is 635. The van der Waals surface area contributed by atoms with Gasteiger partial charge in [0.05, 0.1) is 11.8 Å². The molecule has 1 saturated heterocycles. The fourth-order valence-electron chi connectivity index (χ4n) is 2.46. The summed E-state index contributed by atoms with van der Waals surface area (Å²) in [6.45, 7) is 2.78. The number of nitrogens with zero attached hydrogens (tertiary/aromatic N) is 1. The Balaban J connectivity index is 1.97. The molecule has 1 aliphatic heterocycles. The van der Waals surface area contributed by atoms with Gasteiger partial charge in [-0.2, -0.15) is 0 Å². The average molecular weight is 311 g/mol. The number of amides is 1. The summed E-state index contributed by atoms with van der Waals surface area (Å²) in [6, 6.07) is 5.32. The van der Waals surface area contributed by atoms with Crippen LogP contribution in [0.2, 0.25) is 0 Å². The maximum Gasteiger partial charge on any atom is 0.253 e. The second-order valence-electron chi connectivity index (χ2n) is 5.50. The molecule has 0 unspecified atom stereocenters. The van der Waals surface area contributed by atoms with Crippen LogP contribution < -0.4 is 11.1 Å². The number of nitrogen functional groups attached to an aromatic ring is 1. The van der Waals surface area contributed by atoms with Gasteiger partial charge < -0.3 is 11.1 Å². The van der Waals surface area contributed by atoms with Crippen LogP contribution in [0, 0.1) is 6.92 Å². The Morgan fingerprint density at radius 1 is 1.33 bits per heavy atom. The van der Waals surface area contributed by atoms with E-state index in [0.29, 0.717) is 37.2 Å². The van der Waals surface area contributed by atoms with Crippen molar-refractivity contribution in [2.45, 2.75) is 25.8 Å². The number of carbonyl (C=O) groups is 1. The lowest BCUT2D eigenvalue weighted by Crippen LogP contribution is -2.46. The zero-order valence-corrected chi connectivity index (χ0v) is 13.1. The molecule has 6 nitrogen and oxygen atoms in total. The third kappa shape index (κ3) is 3.95. The van der Waals surface area contributed by atoms with Crippen molar-refractivity contribution in [2.24, 2.45) is 0 Å². The van der Waals surface area contributed by atoms with Crippen molar-refractivity contribution in [3.05, 3.63) is 29.3 Å². The molecule has 116 valence electrons. The van der Waals surface area contributed by atoms with Crippen molar-refractivity contribution < 1.29 is 13.2 Å². The highest BCUT2D eigenvalue weighted by Gasteiger charge is 2.26. The van der Waals surface area contributed by atoms with Gasteiger partial charge in [-0.25, -0.2) is 12.7 Å². The Kier molecular flexibility index (Phi) is 4.53. The number of hydrogen-bond acceptors (Lipinski definition) is 4. The number of piperidine rings is 1. The van der Waals surface area contributed by atoms with E-state index in [9.17, 15) is 13.2 Å². The predicted molar refractivity (Wildman–Crippen MR) is 82.5 cm³/mol. The molecule has 1 aromatic rings. The second kappa shape index (κ2) is 6.03. The molecule has 0 radical (unpaired) electrons. The third-order valence-corrected chi connectivity index (χ3v) is 5.01. The van der Waals surface area contributed by atoms with Gasteiger partial charge in [-0.05, 0) is 31.9 Å². The molecule has 0 spiro atoms. The van der Waals surface area contributed by atoms with Gasteiger partial charge in [-0.1, -0.05) is 11.6 Å². The molecule has 21 heavy (non-hydrogen) atoms. The molecular formula is C14H21N3O3S. The highest BCUT2D eigenvalue weighted by Crippen LogP contribution is 2.17. The van der Waals surface area contributed by atoms with Crippen LogP contribution in [0.5, 0.6) is 0 Å². The van der Waals surface area contributed by atoms with Crippen LogP contribution in [0.25, 0.3) is 0 Å². The summed E-state index contributed by atoms with van der Waals surface area (Å²) in [5.74, 6) is -0.200. The van der Waals surface area contributed by atoms with E-state index in [1.807, 2.05) is 13.0 Å². The van der Waals surface area contributed by atoms with Crippen molar-refractivity contribution in [2.75, 3.05) is 25.1 Å². The minimum absolute atomic E-state index is 0.0181. The molecule has 3 N–H and O–H groups in total. The number of rotatable bonds is 3. The summed E-state index contributed by atoms with van der Waals surface area (Å²) in [6.07, 6.45) is 2.44. The Labute approximate surface area is 125 Å². The van der Waals surface area contributed by atoms with E-state index >= 15 is 0 Å². The van der Waals surface area contributed by atoms with Crippen molar-refractivity contribution in [1.29, 1.82) is 0 Å². The van der Waals surface area contributed by atoms with Gasteiger partial charge in [-0.15, -0.1) is 0 Å². The largest absolute Gasteiger partial charge is 0.398 e. The van der Waals surface area contributed by atoms with Crippen molar-refractivity contribution in [1.82, 2.24) is 9.62 Å². The van der Waals surface area contributed by atoms with Crippen molar-refractivity contribution >= 4 is 21.6 Å². The van der Waals surface area contributed by atoms with Crippen LogP contribution in [0.3, 0.4) is 0 Å². The van der Waals surface area contributed by atoms with Crippen LogP contribution in [0.15, 0.2) is 18.2 Å². The molecule has 1 aromatic carbocycles. The zero-order chi connectivity index (χ0) is 15.6. The summed E-state index contributed by atoms with van der Waals surface area (Å²) in [4.78, 5) is 12.2. The van der Waals surface area contributed by atoms with Crippen LogP contribution in [0.1, 0.15) is 28.8 Å². The maximum atomic E-state index is 12.2. The van der Waals surface area contributed by atoms with E-state index in [-0.39, 0.29) is 11.9 Å². The van der Waals surface area contributed by atoms with E-state index in [0.717, 1.165) is 5.56 Å². The topological polar surface area (TPSA) is 92.5 Å². The van der Waals surface area contributed by atoms with Gasteiger partial charge in [0.1, 0.15) is 0 Å². The molecular weight excluding hydrogens is 290 g/mol.